The SMILES string of the molecule is Cc1ccc(S(=O)(=O)N2CCCC(CCC(=O)NCc3ccccn3)C2)cc1. The summed E-state index contributed by atoms with van der Waals surface area (Å²) in [5.41, 5.74) is 1.86. The second-order valence-corrected chi connectivity index (χ2v) is 9.26. The molecule has 0 spiro atoms. The van der Waals surface area contributed by atoms with Gasteiger partial charge < -0.3 is 5.32 Å². The van der Waals surface area contributed by atoms with Crippen LogP contribution < -0.4 is 5.32 Å². The number of aromatic nitrogens is 1. The smallest absolute Gasteiger partial charge is 0.243 e. The number of pyridine rings is 1. The van der Waals surface area contributed by atoms with Gasteiger partial charge in [0.1, 0.15) is 0 Å². The summed E-state index contributed by atoms with van der Waals surface area (Å²) < 4.78 is 27.3. The summed E-state index contributed by atoms with van der Waals surface area (Å²) in [6.07, 6.45) is 4.56. The molecule has 2 aromatic rings. The Balaban J connectivity index is 1.50. The quantitative estimate of drug-likeness (QED) is 0.774. The maximum atomic E-state index is 12.9. The topological polar surface area (TPSA) is 79.4 Å². The first-order valence-electron chi connectivity index (χ1n) is 9.68. The van der Waals surface area contributed by atoms with E-state index in [1.54, 1.807) is 22.6 Å². The highest BCUT2D eigenvalue weighted by Crippen LogP contribution is 2.26. The average molecular weight is 402 g/mol. The summed E-state index contributed by atoms with van der Waals surface area (Å²) in [4.78, 5) is 16.6. The van der Waals surface area contributed by atoms with Crippen LogP contribution in [0.1, 0.15) is 36.9 Å². The lowest BCUT2D eigenvalue weighted by Gasteiger charge is -2.32. The molecule has 1 saturated heterocycles. The minimum atomic E-state index is -3.47. The summed E-state index contributed by atoms with van der Waals surface area (Å²) in [6.45, 7) is 3.37. The van der Waals surface area contributed by atoms with E-state index in [9.17, 15) is 13.2 Å². The maximum absolute atomic E-state index is 12.9. The van der Waals surface area contributed by atoms with Crippen molar-refractivity contribution in [1.29, 1.82) is 0 Å². The van der Waals surface area contributed by atoms with E-state index < -0.39 is 10.0 Å². The number of carbonyl (C=O) groups is 1. The van der Waals surface area contributed by atoms with Gasteiger partial charge in [-0.25, -0.2) is 8.42 Å². The first-order valence-corrected chi connectivity index (χ1v) is 11.1. The number of aryl methyl sites for hydroxylation is 1. The lowest BCUT2D eigenvalue weighted by Crippen LogP contribution is -2.40. The Morgan fingerprint density at radius 3 is 2.71 bits per heavy atom. The Labute approximate surface area is 167 Å². The van der Waals surface area contributed by atoms with Gasteiger partial charge in [0.15, 0.2) is 0 Å². The molecule has 1 fully saturated rings. The van der Waals surface area contributed by atoms with Crippen LogP contribution in [0.2, 0.25) is 0 Å². The molecule has 1 aliphatic rings. The van der Waals surface area contributed by atoms with Crippen molar-refractivity contribution in [3.8, 4) is 0 Å². The van der Waals surface area contributed by atoms with Gasteiger partial charge >= 0.3 is 0 Å². The molecule has 1 unspecified atom stereocenters. The van der Waals surface area contributed by atoms with E-state index in [1.807, 2.05) is 37.3 Å². The fourth-order valence-electron chi connectivity index (χ4n) is 3.46. The fourth-order valence-corrected chi connectivity index (χ4v) is 5.01. The maximum Gasteiger partial charge on any atom is 0.243 e. The predicted octanol–water partition coefficient (Wildman–Crippen LogP) is 2.89. The number of benzene rings is 1. The molecule has 3 rings (SSSR count). The third kappa shape index (κ3) is 5.39. The molecule has 0 radical (unpaired) electrons. The zero-order valence-corrected chi connectivity index (χ0v) is 17.0. The Morgan fingerprint density at radius 1 is 1.21 bits per heavy atom. The number of amides is 1. The van der Waals surface area contributed by atoms with Crippen molar-refractivity contribution < 1.29 is 13.2 Å². The summed E-state index contributed by atoms with van der Waals surface area (Å²) in [5, 5.41) is 2.88. The van der Waals surface area contributed by atoms with E-state index >= 15 is 0 Å². The summed E-state index contributed by atoms with van der Waals surface area (Å²) >= 11 is 0. The first-order chi connectivity index (χ1) is 13.4. The van der Waals surface area contributed by atoms with Crippen LogP contribution in [0.15, 0.2) is 53.6 Å². The van der Waals surface area contributed by atoms with Crippen molar-refractivity contribution in [3.63, 3.8) is 0 Å². The average Bonchev–Trinajstić information content (AvgIpc) is 2.72. The monoisotopic (exact) mass is 401 g/mol. The summed E-state index contributed by atoms with van der Waals surface area (Å²) in [5.74, 6) is 0.179. The highest BCUT2D eigenvalue weighted by Gasteiger charge is 2.30. The normalized spacial score (nSPS) is 18.0. The van der Waals surface area contributed by atoms with E-state index in [0.29, 0.717) is 37.4 Å². The molecule has 28 heavy (non-hydrogen) atoms. The Bertz CT molecular complexity index is 883. The Kier molecular flexibility index (Phi) is 6.80. The molecule has 0 aliphatic carbocycles. The van der Waals surface area contributed by atoms with Crippen LogP contribution in [-0.4, -0.2) is 36.7 Å². The molecule has 0 saturated carbocycles. The summed E-state index contributed by atoms with van der Waals surface area (Å²) in [6, 6.07) is 12.6. The van der Waals surface area contributed by atoms with Crippen molar-refractivity contribution >= 4 is 15.9 Å². The molecule has 2 heterocycles. The van der Waals surface area contributed by atoms with Gasteiger partial charge in [0.2, 0.25) is 15.9 Å². The van der Waals surface area contributed by atoms with Crippen LogP contribution in [0.4, 0.5) is 0 Å². The van der Waals surface area contributed by atoms with Crippen LogP contribution in [0.3, 0.4) is 0 Å². The van der Waals surface area contributed by atoms with Crippen molar-refractivity contribution in [2.75, 3.05) is 13.1 Å². The Hall–Kier alpha value is -2.25. The van der Waals surface area contributed by atoms with Gasteiger partial charge in [-0.1, -0.05) is 23.8 Å². The molecular formula is C21H27N3O3S. The molecular weight excluding hydrogens is 374 g/mol. The number of sulfonamides is 1. The van der Waals surface area contributed by atoms with Gasteiger partial charge in [-0.05, 0) is 56.4 Å². The highest BCUT2D eigenvalue weighted by atomic mass is 32.2. The van der Waals surface area contributed by atoms with Crippen molar-refractivity contribution in [3.05, 3.63) is 59.9 Å². The Morgan fingerprint density at radius 2 is 2.00 bits per heavy atom. The minimum absolute atomic E-state index is 0.0239. The highest BCUT2D eigenvalue weighted by molar-refractivity contribution is 7.89. The zero-order chi connectivity index (χ0) is 20.0. The van der Waals surface area contributed by atoms with E-state index in [0.717, 1.165) is 24.1 Å². The van der Waals surface area contributed by atoms with Crippen molar-refractivity contribution in [2.24, 2.45) is 5.92 Å². The second kappa shape index (κ2) is 9.30. The molecule has 7 heteroatoms. The standard InChI is InChI=1S/C21H27N3O3S/c1-17-7-10-20(11-8-17)28(26,27)24-14-4-5-18(16-24)9-12-21(25)23-15-19-6-2-3-13-22-19/h2-3,6-8,10-11,13,18H,4-5,9,12,14-16H2,1H3,(H,23,25). The van der Waals surface area contributed by atoms with E-state index in [-0.39, 0.29) is 11.8 Å². The van der Waals surface area contributed by atoms with Gasteiger partial charge in [-0.15, -0.1) is 0 Å². The molecule has 1 N–H and O–H groups in total. The van der Waals surface area contributed by atoms with Crippen LogP contribution in [-0.2, 0) is 21.4 Å². The lowest BCUT2D eigenvalue weighted by atomic mass is 9.94. The molecule has 1 atom stereocenters. The number of carbonyl (C=O) groups excluding carboxylic acids is 1. The second-order valence-electron chi connectivity index (χ2n) is 7.32. The van der Waals surface area contributed by atoms with Crippen LogP contribution in [0.25, 0.3) is 0 Å². The van der Waals surface area contributed by atoms with E-state index in [1.165, 1.54) is 0 Å². The number of nitrogens with zero attached hydrogens (tertiary/aromatic N) is 2. The molecule has 1 amide bonds. The molecule has 0 bridgehead atoms. The fraction of sp³-hybridized carbons (Fsp3) is 0.429. The molecule has 6 nitrogen and oxygen atoms in total. The van der Waals surface area contributed by atoms with Gasteiger partial charge in [0.05, 0.1) is 17.1 Å². The van der Waals surface area contributed by atoms with Crippen molar-refractivity contribution in [2.45, 2.75) is 44.0 Å². The molecule has 150 valence electrons. The molecule has 1 aromatic carbocycles. The number of piperidine rings is 1. The van der Waals surface area contributed by atoms with Crippen LogP contribution >= 0.6 is 0 Å². The van der Waals surface area contributed by atoms with E-state index in [2.05, 4.69) is 10.3 Å². The largest absolute Gasteiger partial charge is 0.350 e. The van der Waals surface area contributed by atoms with Gasteiger partial charge in [-0.2, -0.15) is 4.31 Å². The van der Waals surface area contributed by atoms with Gasteiger partial charge in [0, 0.05) is 25.7 Å². The minimum Gasteiger partial charge on any atom is -0.350 e. The van der Waals surface area contributed by atoms with Crippen LogP contribution in [0, 0.1) is 12.8 Å². The van der Waals surface area contributed by atoms with Crippen molar-refractivity contribution in [1.82, 2.24) is 14.6 Å². The first kappa shape index (κ1) is 20.5. The predicted molar refractivity (Wildman–Crippen MR) is 108 cm³/mol. The van der Waals surface area contributed by atoms with Gasteiger partial charge in [-0.3, -0.25) is 9.78 Å². The summed E-state index contributed by atoms with van der Waals surface area (Å²) in [7, 11) is -3.47. The lowest BCUT2D eigenvalue weighted by molar-refractivity contribution is -0.121. The zero-order valence-electron chi connectivity index (χ0n) is 16.2. The van der Waals surface area contributed by atoms with E-state index in [4.69, 9.17) is 0 Å². The van der Waals surface area contributed by atoms with Crippen LogP contribution in [0.5, 0.6) is 0 Å². The number of hydrogen-bond acceptors (Lipinski definition) is 4. The third-order valence-corrected chi connectivity index (χ3v) is 6.99. The third-order valence-electron chi connectivity index (χ3n) is 5.11. The number of nitrogens with one attached hydrogen (secondary N) is 1. The molecule has 1 aromatic heterocycles. The molecule has 1 aliphatic heterocycles. The van der Waals surface area contributed by atoms with Gasteiger partial charge in [0.25, 0.3) is 0 Å². The number of hydrogen-bond donors (Lipinski definition) is 1. The number of rotatable bonds is 7.